The zero-order valence-electron chi connectivity index (χ0n) is 15.9. The number of piperazine rings is 1. The summed E-state index contributed by atoms with van der Waals surface area (Å²) in [6, 6.07) is 13.5. The highest BCUT2D eigenvalue weighted by molar-refractivity contribution is 5.50. The SMILES string of the molecule is Fc1ccccc1CCNc1cnnc(N2CCN(c3ccccc3F)CC2)n1. The molecule has 150 valence electrons. The van der Waals surface area contributed by atoms with Crippen LogP contribution in [0.1, 0.15) is 5.56 Å². The minimum absolute atomic E-state index is 0.205. The molecule has 0 spiro atoms. The van der Waals surface area contributed by atoms with Crippen molar-refractivity contribution in [2.75, 3.05) is 47.8 Å². The number of benzene rings is 2. The van der Waals surface area contributed by atoms with Gasteiger partial charge in [0, 0.05) is 32.7 Å². The van der Waals surface area contributed by atoms with E-state index in [-0.39, 0.29) is 11.6 Å². The van der Waals surface area contributed by atoms with E-state index < -0.39 is 0 Å². The van der Waals surface area contributed by atoms with Crippen molar-refractivity contribution in [1.82, 2.24) is 15.2 Å². The average Bonchev–Trinajstić information content (AvgIpc) is 2.76. The van der Waals surface area contributed by atoms with Crippen LogP contribution in [0.4, 0.5) is 26.2 Å². The van der Waals surface area contributed by atoms with Gasteiger partial charge in [-0.15, -0.1) is 5.10 Å². The molecule has 0 saturated carbocycles. The van der Waals surface area contributed by atoms with Crippen molar-refractivity contribution in [3.05, 3.63) is 71.9 Å². The van der Waals surface area contributed by atoms with Crippen LogP contribution in [0.5, 0.6) is 0 Å². The molecule has 1 fully saturated rings. The second-order valence-corrected chi connectivity index (χ2v) is 6.84. The molecule has 6 nitrogen and oxygen atoms in total. The first-order valence-electron chi connectivity index (χ1n) is 9.62. The molecule has 1 aliphatic rings. The van der Waals surface area contributed by atoms with Crippen LogP contribution in [0.25, 0.3) is 0 Å². The topological polar surface area (TPSA) is 57.2 Å². The van der Waals surface area contributed by atoms with E-state index in [0.29, 0.717) is 62.2 Å². The predicted octanol–water partition coefficient (Wildman–Crippen LogP) is 3.13. The molecular weight excluding hydrogens is 374 g/mol. The normalized spacial score (nSPS) is 14.1. The third-order valence-corrected chi connectivity index (χ3v) is 4.96. The molecule has 0 radical (unpaired) electrons. The summed E-state index contributed by atoms with van der Waals surface area (Å²) < 4.78 is 27.7. The maximum Gasteiger partial charge on any atom is 0.247 e. The molecule has 8 heteroatoms. The average molecular weight is 396 g/mol. The Morgan fingerprint density at radius 1 is 0.862 bits per heavy atom. The zero-order valence-corrected chi connectivity index (χ0v) is 15.9. The lowest BCUT2D eigenvalue weighted by atomic mass is 10.1. The largest absolute Gasteiger partial charge is 0.368 e. The number of anilines is 3. The van der Waals surface area contributed by atoms with Gasteiger partial charge in [-0.05, 0) is 30.2 Å². The molecule has 4 rings (SSSR count). The van der Waals surface area contributed by atoms with Gasteiger partial charge in [-0.3, -0.25) is 0 Å². The van der Waals surface area contributed by atoms with Gasteiger partial charge in [0.2, 0.25) is 5.95 Å². The highest BCUT2D eigenvalue weighted by Gasteiger charge is 2.21. The Labute approximate surface area is 168 Å². The van der Waals surface area contributed by atoms with E-state index >= 15 is 0 Å². The lowest BCUT2D eigenvalue weighted by Crippen LogP contribution is -2.47. The third kappa shape index (κ3) is 4.59. The predicted molar refractivity (Wildman–Crippen MR) is 109 cm³/mol. The molecule has 0 atom stereocenters. The minimum Gasteiger partial charge on any atom is -0.368 e. The summed E-state index contributed by atoms with van der Waals surface area (Å²) in [5, 5.41) is 11.3. The Bertz CT molecular complexity index is 959. The van der Waals surface area contributed by atoms with E-state index in [1.165, 1.54) is 12.1 Å². The van der Waals surface area contributed by atoms with E-state index in [9.17, 15) is 8.78 Å². The Hall–Kier alpha value is -3.29. The van der Waals surface area contributed by atoms with Crippen molar-refractivity contribution in [3.8, 4) is 0 Å². The number of hydrogen-bond donors (Lipinski definition) is 1. The van der Waals surface area contributed by atoms with Crippen molar-refractivity contribution in [2.24, 2.45) is 0 Å². The van der Waals surface area contributed by atoms with Crippen LogP contribution in [0, 0.1) is 11.6 Å². The number of aromatic nitrogens is 3. The van der Waals surface area contributed by atoms with Crippen LogP contribution in [0.15, 0.2) is 54.7 Å². The summed E-state index contributed by atoms with van der Waals surface area (Å²) in [4.78, 5) is 8.58. The summed E-state index contributed by atoms with van der Waals surface area (Å²) in [5.41, 5.74) is 1.28. The van der Waals surface area contributed by atoms with Crippen LogP contribution in [-0.4, -0.2) is 47.9 Å². The Kier molecular flexibility index (Phi) is 5.79. The minimum atomic E-state index is -0.208. The number of nitrogens with one attached hydrogen (secondary N) is 1. The van der Waals surface area contributed by atoms with E-state index in [1.54, 1.807) is 30.5 Å². The van der Waals surface area contributed by atoms with Crippen LogP contribution in [0.3, 0.4) is 0 Å². The molecule has 2 aromatic carbocycles. The van der Waals surface area contributed by atoms with Crippen LogP contribution >= 0.6 is 0 Å². The lowest BCUT2D eigenvalue weighted by molar-refractivity contribution is 0.592. The van der Waals surface area contributed by atoms with E-state index in [0.717, 1.165) is 0 Å². The Morgan fingerprint density at radius 3 is 2.31 bits per heavy atom. The van der Waals surface area contributed by atoms with Gasteiger partial charge in [-0.25, -0.2) is 8.78 Å². The Morgan fingerprint density at radius 2 is 1.55 bits per heavy atom. The number of para-hydroxylation sites is 1. The van der Waals surface area contributed by atoms with Crippen molar-refractivity contribution in [2.45, 2.75) is 6.42 Å². The fourth-order valence-corrected chi connectivity index (χ4v) is 3.40. The summed E-state index contributed by atoms with van der Waals surface area (Å²) >= 11 is 0. The molecule has 0 aliphatic carbocycles. The van der Waals surface area contributed by atoms with Gasteiger partial charge in [0.05, 0.1) is 11.9 Å². The highest BCUT2D eigenvalue weighted by atomic mass is 19.1. The number of hydrogen-bond acceptors (Lipinski definition) is 6. The van der Waals surface area contributed by atoms with E-state index in [2.05, 4.69) is 20.5 Å². The highest BCUT2D eigenvalue weighted by Crippen LogP contribution is 2.21. The molecule has 3 aromatic rings. The molecule has 1 aliphatic heterocycles. The van der Waals surface area contributed by atoms with Gasteiger partial charge < -0.3 is 15.1 Å². The maximum atomic E-state index is 14.0. The fraction of sp³-hybridized carbons (Fsp3) is 0.286. The van der Waals surface area contributed by atoms with Crippen LogP contribution < -0.4 is 15.1 Å². The van der Waals surface area contributed by atoms with E-state index in [1.807, 2.05) is 21.9 Å². The third-order valence-electron chi connectivity index (χ3n) is 4.96. The standard InChI is InChI=1S/C21H22F2N6/c22-17-6-2-1-5-16(17)9-10-24-20-15-25-27-21(26-20)29-13-11-28(12-14-29)19-8-4-3-7-18(19)23/h1-8,15H,9-14H2,(H,24,26,27). The molecule has 0 amide bonds. The molecule has 2 heterocycles. The van der Waals surface area contributed by atoms with Gasteiger partial charge in [0.1, 0.15) is 11.6 Å². The lowest BCUT2D eigenvalue weighted by Gasteiger charge is -2.36. The van der Waals surface area contributed by atoms with Gasteiger partial charge in [-0.1, -0.05) is 30.3 Å². The molecule has 29 heavy (non-hydrogen) atoms. The summed E-state index contributed by atoms with van der Waals surface area (Å²) in [7, 11) is 0. The summed E-state index contributed by atoms with van der Waals surface area (Å²) in [6.45, 7) is 3.24. The molecule has 1 aromatic heterocycles. The molecule has 0 bridgehead atoms. The summed E-state index contributed by atoms with van der Waals surface area (Å²) in [5.74, 6) is 0.723. The Balaban J connectivity index is 1.33. The summed E-state index contributed by atoms with van der Waals surface area (Å²) in [6.07, 6.45) is 2.10. The second kappa shape index (κ2) is 8.81. The number of nitrogens with zero attached hydrogens (tertiary/aromatic N) is 5. The van der Waals surface area contributed by atoms with E-state index in [4.69, 9.17) is 0 Å². The van der Waals surface area contributed by atoms with Crippen molar-refractivity contribution in [3.63, 3.8) is 0 Å². The van der Waals surface area contributed by atoms with Gasteiger partial charge in [0.25, 0.3) is 0 Å². The first-order valence-corrected chi connectivity index (χ1v) is 9.62. The van der Waals surface area contributed by atoms with Crippen molar-refractivity contribution >= 4 is 17.5 Å². The van der Waals surface area contributed by atoms with Crippen LogP contribution in [0.2, 0.25) is 0 Å². The first-order chi connectivity index (χ1) is 14.2. The van der Waals surface area contributed by atoms with Gasteiger partial charge in [0.15, 0.2) is 5.82 Å². The smallest absolute Gasteiger partial charge is 0.247 e. The van der Waals surface area contributed by atoms with Gasteiger partial charge >= 0.3 is 0 Å². The molecule has 1 saturated heterocycles. The quantitative estimate of drug-likeness (QED) is 0.691. The van der Waals surface area contributed by atoms with Gasteiger partial charge in [-0.2, -0.15) is 10.1 Å². The number of rotatable bonds is 6. The zero-order chi connectivity index (χ0) is 20.1. The first kappa shape index (κ1) is 19.0. The number of halogens is 2. The van der Waals surface area contributed by atoms with Crippen molar-refractivity contribution in [1.29, 1.82) is 0 Å². The molecule has 0 unspecified atom stereocenters. The molecular formula is C21H22F2N6. The molecule has 1 N–H and O–H groups in total. The monoisotopic (exact) mass is 396 g/mol. The fourth-order valence-electron chi connectivity index (χ4n) is 3.40. The van der Waals surface area contributed by atoms with Crippen LogP contribution in [-0.2, 0) is 6.42 Å². The second-order valence-electron chi connectivity index (χ2n) is 6.84. The maximum absolute atomic E-state index is 14.0. The van der Waals surface area contributed by atoms with Crippen molar-refractivity contribution < 1.29 is 8.78 Å².